The molecule has 0 radical (unpaired) electrons. The highest BCUT2D eigenvalue weighted by Gasteiger charge is 2.21. The smallest absolute Gasteiger partial charge is 0.278 e. The van der Waals surface area contributed by atoms with Crippen LogP contribution in [-0.4, -0.2) is 24.1 Å². The fraction of sp³-hybridized carbons (Fsp3) is 0.364. The number of nitrogens with one attached hydrogen (secondary N) is 1. The monoisotopic (exact) mass is 416 g/mol. The van der Waals surface area contributed by atoms with E-state index in [2.05, 4.69) is 44.3 Å². The number of fused-ring (bicyclic) bond motifs is 1. The maximum Gasteiger partial charge on any atom is 0.278 e. The summed E-state index contributed by atoms with van der Waals surface area (Å²) >= 11 is 1.68. The molecule has 29 heavy (non-hydrogen) atoms. The largest absolute Gasteiger partial charge is 0.312 e. The molecule has 0 amide bonds. The molecule has 0 bridgehead atoms. The standard InChI is InChI=1S/C20H20F2N4S.C2H6/c1-27-26(17-7-6-15-10-23-11-16(15)8-17)12-13-2-4-14(5-3-13)18-9-19(20(21)22)25-24-18;1-2/h2-8,20,23H,9-12H2,1H3;1-2H3. The van der Waals surface area contributed by atoms with Crippen molar-refractivity contribution < 1.29 is 8.78 Å². The molecule has 4 rings (SSSR count). The van der Waals surface area contributed by atoms with Crippen LogP contribution < -0.4 is 9.62 Å². The van der Waals surface area contributed by atoms with Gasteiger partial charge in [-0.1, -0.05) is 56.1 Å². The Morgan fingerprint density at radius 3 is 2.41 bits per heavy atom. The van der Waals surface area contributed by atoms with Crippen molar-refractivity contribution in [3.05, 3.63) is 64.7 Å². The molecule has 2 aromatic carbocycles. The number of rotatable bonds is 6. The number of hydrogen-bond donors (Lipinski definition) is 1. The van der Waals surface area contributed by atoms with E-state index in [9.17, 15) is 8.78 Å². The minimum atomic E-state index is -2.54. The van der Waals surface area contributed by atoms with Crippen molar-refractivity contribution in [2.24, 2.45) is 10.2 Å². The van der Waals surface area contributed by atoms with Gasteiger partial charge in [-0.25, -0.2) is 8.78 Å². The molecule has 0 spiro atoms. The van der Waals surface area contributed by atoms with Crippen LogP contribution in [0.15, 0.2) is 52.7 Å². The Morgan fingerprint density at radius 1 is 1.03 bits per heavy atom. The summed E-state index contributed by atoms with van der Waals surface area (Å²) in [5.74, 6) is 0. The van der Waals surface area contributed by atoms with Gasteiger partial charge in [-0.3, -0.25) is 0 Å². The lowest BCUT2D eigenvalue weighted by atomic mass is 10.0. The van der Waals surface area contributed by atoms with E-state index in [1.165, 1.54) is 16.8 Å². The third kappa shape index (κ3) is 5.03. The van der Waals surface area contributed by atoms with Crippen molar-refractivity contribution in [3.8, 4) is 0 Å². The van der Waals surface area contributed by atoms with Crippen LogP contribution in [0.1, 0.15) is 42.5 Å². The summed E-state index contributed by atoms with van der Waals surface area (Å²) in [6.07, 6.45) is -0.351. The maximum absolute atomic E-state index is 12.7. The Balaban J connectivity index is 0.00000117. The highest BCUT2D eigenvalue weighted by Crippen LogP contribution is 2.28. The van der Waals surface area contributed by atoms with E-state index in [0.717, 1.165) is 30.8 Å². The molecular formula is C22H26F2N4S. The van der Waals surface area contributed by atoms with Crippen LogP contribution in [0.5, 0.6) is 0 Å². The lowest BCUT2D eigenvalue weighted by Crippen LogP contribution is -2.14. The van der Waals surface area contributed by atoms with Crippen LogP contribution in [0.3, 0.4) is 0 Å². The Hall–Kier alpha value is -2.25. The average Bonchev–Trinajstić information content (AvgIpc) is 3.43. The van der Waals surface area contributed by atoms with Gasteiger partial charge in [0.25, 0.3) is 6.43 Å². The first-order valence-electron chi connectivity index (χ1n) is 9.79. The first-order valence-corrected chi connectivity index (χ1v) is 11.0. The molecule has 0 aliphatic carbocycles. The molecule has 2 aliphatic heterocycles. The predicted molar refractivity (Wildman–Crippen MR) is 119 cm³/mol. The number of anilines is 1. The summed E-state index contributed by atoms with van der Waals surface area (Å²) < 4.78 is 27.7. The lowest BCUT2D eigenvalue weighted by Gasteiger charge is -2.22. The predicted octanol–water partition coefficient (Wildman–Crippen LogP) is 5.41. The lowest BCUT2D eigenvalue weighted by molar-refractivity contribution is 0.224. The van der Waals surface area contributed by atoms with Crippen LogP contribution in [0.4, 0.5) is 14.5 Å². The first kappa shape index (κ1) is 21.5. The molecule has 2 heterocycles. The van der Waals surface area contributed by atoms with Crippen LogP contribution in [0.25, 0.3) is 0 Å². The number of benzene rings is 2. The second kappa shape index (κ2) is 9.98. The molecular weight excluding hydrogens is 390 g/mol. The zero-order valence-electron chi connectivity index (χ0n) is 17.0. The minimum absolute atomic E-state index is 0.122. The van der Waals surface area contributed by atoms with Gasteiger partial charge in [-0.2, -0.15) is 10.2 Å². The summed E-state index contributed by atoms with van der Waals surface area (Å²) in [6, 6.07) is 14.5. The van der Waals surface area contributed by atoms with Gasteiger partial charge in [-0.15, -0.1) is 0 Å². The molecule has 0 atom stereocenters. The SMILES string of the molecule is CC.CSN(Cc1ccc(C2=NN=C(C(F)F)C2)cc1)c1ccc2c(c1)CNC2. The third-order valence-corrected chi connectivity index (χ3v) is 5.62. The molecule has 154 valence electrons. The third-order valence-electron chi connectivity index (χ3n) is 4.84. The van der Waals surface area contributed by atoms with Gasteiger partial charge in [0.15, 0.2) is 0 Å². The average molecular weight is 417 g/mol. The van der Waals surface area contributed by atoms with Crippen LogP contribution in [0, 0.1) is 0 Å². The molecule has 1 N–H and O–H groups in total. The number of halogens is 2. The molecule has 7 heteroatoms. The summed E-state index contributed by atoms with van der Waals surface area (Å²) in [7, 11) is 0. The Kier molecular flexibility index (Phi) is 7.39. The van der Waals surface area contributed by atoms with Crippen molar-refractivity contribution in [1.82, 2.24) is 5.32 Å². The van der Waals surface area contributed by atoms with E-state index in [4.69, 9.17) is 0 Å². The van der Waals surface area contributed by atoms with E-state index in [0.29, 0.717) is 5.71 Å². The fourth-order valence-corrected chi connectivity index (χ4v) is 3.92. The number of hydrogen-bond acceptors (Lipinski definition) is 5. The van der Waals surface area contributed by atoms with Gasteiger partial charge in [-0.05, 0) is 34.4 Å². The van der Waals surface area contributed by atoms with E-state index < -0.39 is 6.43 Å². The number of nitrogens with zero attached hydrogens (tertiary/aromatic N) is 3. The van der Waals surface area contributed by atoms with Gasteiger partial charge in [0.05, 0.1) is 12.3 Å². The number of alkyl halides is 2. The summed E-state index contributed by atoms with van der Waals surface area (Å²) in [5.41, 5.74) is 6.35. The molecule has 4 nitrogen and oxygen atoms in total. The zero-order valence-corrected chi connectivity index (χ0v) is 17.8. The molecule has 0 aromatic heterocycles. The van der Waals surface area contributed by atoms with Gasteiger partial charge >= 0.3 is 0 Å². The van der Waals surface area contributed by atoms with Gasteiger partial charge in [0, 0.05) is 31.5 Å². The van der Waals surface area contributed by atoms with Crippen molar-refractivity contribution >= 4 is 29.1 Å². The van der Waals surface area contributed by atoms with Gasteiger partial charge in [0.2, 0.25) is 0 Å². The second-order valence-corrected chi connectivity index (χ2v) is 7.39. The Morgan fingerprint density at radius 2 is 1.76 bits per heavy atom. The van der Waals surface area contributed by atoms with Crippen LogP contribution in [-0.2, 0) is 19.6 Å². The Labute approximate surface area is 175 Å². The van der Waals surface area contributed by atoms with Crippen molar-refractivity contribution in [3.63, 3.8) is 0 Å². The first-order chi connectivity index (χ1) is 14.1. The molecule has 0 saturated carbocycles. The second-order valence-electron chi connectivity index (χ2n) is 6.59. The summed E-state index contributed by atoms with van der Waals surface area (Å²) in [5, 5.41) is 10.9. The van der Waals surface area contributed by atoms with Crippen molar-refractivity contribution in [2.45, 2.75) is 46.3 Å². The summed E-state index contributed by atoms with van der Waals surface area (Å²) in [4.78, 5) is 0. The normalized spacial score (nSPS) is 14.8. The zero-order chi connectivity index (χ0) is 20.8. The fourth-order valence-electron chi connectivity index (χ4n) is 3.31. The maximum atomic E-state index is 12.7. The van der Waals surface area contributed by atoms with Gasteiger partial charge in [0.1, 0.15) is 5.71 Å². The van der Waals surface area contributed by atoms with Crippen LogP contribution in [0.2, 0.25) is 0 Å². The van der Waals surface area contributed by atoms with E-state index in [-0.39, 0.29) is 12.1 Å². The van der Waals surface area contributed by atoms with Gasteiger partial charge < -0.3 is 9.62 Å². The molecule has 0 saturated heterocycles. The Bertz CT molecular complexity index is 894. The van der Waals surface area contributed by atoms with Crippen molar-refractivity contribution in [1.29, 1.82) is 0 Å². The van der Waals surface area contributed by atoms with E-state index in [1.54, 1.807) is 11.9 Å². The molecule has 2 aliphatic rings. The quantitative estimate of drug-likeness (QED) is 0.640. The van der Waals surface area contributed by atoms with Crippen molar-refractivity contribution in [2.75, 3.05) is 10.6 Å². The molecule has 0 unspecified atom stereocenters. The van der Waals surface area contributed by atoms with E-state index >= 15 is 0 Å². The summed E-state index contributed by atoms with van der Waals surface area (Å²) in [6.45, 7) is 6.63. The minimum Gasteiger partial charge on any atom is -0.312 e. The highest BCUT2D eigenvalue weighted by molar-refractivity contribution is 7.99. The highest BCUT2D eigenvalue weighted by atomic mass is 32.2. The molecule has 0 fully saturated rings. The topological polar surface area (TPSA) is 40.0 Å². The van der Waals surface area contributed by atoms with E-state index in [1.807, 2.05) is 38.1 Å². The van der Waals surface area contributed by atoms with Crippen LogP contribution >= 0.6 is 11.9 Å². The molecule has 2 aromatic rings.